The summed E-state index contributed by atoms with van der Waals surface area (Å²) in [5.41, 5.74) is 14.4. The number of anilines is 4. The maximum atomic E-state index is 13.9. The van der Waals surface area contributed by atoms with Crippen molar-refractivity contribution in [3.05, 3.63) is 307 Å². The van der Waals surface area contributed by atoms with Crippen molar-refractivity contribution in [2.75, 3.05) is 41.9 Å². The first-order valence-electron chi connectivity index (χ1n) is 35.5. The second-order valence-electron chi connectivity index (χ2n) is 27.4. The second kappa shape index (κ2) is 31.5. The summed E-state index contributed by atoms with van der Waals surface area (Å²) in [6.07, 6.45) is 23.1. The van der Waals surface area contributed by atoms with E-state index in [-0.39, 0.29) is 31.3 Å². The van der Waals surface area contributed by atoms with Gasteiger partial charge in [-0.15, -0.1) is 0 Å². The molecule has 0 radical (unpaired) electrons. The molecule has 0 amide bonds. The molecule has 6 aromatic carbocycles. The number of unbranched alkanes of at least 4 members (excludes halogenated alkanes) is 1. The Morgan fingerprint density at radius 3 is 1.75 bits per heavy atom. The highest BCUT2D eigenvalue weighted by atomic mass is 31.2. The van der Waals surface area contributed by atoms with E-state index in [0.29, 0.717) is 77.5 Å². The molecule has 8 heterocycles. The highest BCUT2D eigenvalue weighted by Gasteiger charge is 2.54. The summed E-state index contributed by atoms with van der Waals surface area (Å²) in [6.45, 7) is 1.41. The van der Waals surface area contributed by atoms with Gasteiger partial charge in [0.2, 0.25) is 5.69 Å². The third-order valence-electron chi connectivity index (χ3n) is 20.0. The van der Waals surface area contributed by atoms with Gasteiger partial charge in [-0.05, 0) is 157 Å². The zero-order valence-electron chi connectivity index (χ0n) is 58.6. The number of fused-ring (bicyclic) bond motifs is 7. The molecule has 0 fully saturated rings. The lowest BCUT2D eigenvalue weighted by atomic mass is 9.77. The average Bonchev–Trinajstić information content (AvgIpc) is 1.49. The van der Waals surface area contributed by atoms with Gasteiger partial charge in [-0.1, -0.05) is 73.5 Å². The Kier molecular flexibility index (Phi) is 21.6. The van der Waals surface area contributed by atoms with Crippen molar-refractivity contribution in [3.8, 4) is 39.4 Å². The molecule has 2 unspecified atom stereocenters. The largest absolute Gasteiger partial charge is 0.456 e. The van der Waals surface area contributed by atoms with Crippen molar-refractivity contribution < 1.29 is 75.6 Å². The number of rotatable bonds is 29. The van der Waals surface area contributed by atoms with Crippen molar-refractivity contribution >= 4 is 62.4 Å². The second-order valence-corrected chi connectivity index (χ2v) is 32.7. The van der Waals surface area contributed by atoms with Gasteiger partial charge in [0, 0.05) is 137 Å². The zero-order valence-corrected chi connectivity index (χ0v) is 61.2. The fourth-order valence-electron chi connectivity index (χ4n) is 14.5. The van der Waals surface area contributed by atoms with Crippen LogP contribution >= 0.6 is 22.8 Å². The summed E-state index contributed by atoms with van der Waals surface area (Å²) in [6, 6.07) is 67.7. The van der Waals surface area contributed by atoms with Crippen LogP contribution in [0.5, 0.6) is 11.5 Å². The first-order valence-corrected chi connectivity index (χ1v) is 40.9. The smallest absolute Gasteiger partial charge is 0.340 e. The van der Waals surface area contributed by atoms with Gasteiger partial charge < -0.3 is 48.6 Å². The summed E-state index contributed by atoms with van der Waals surface area (Å²) in [5.74, 6) is 0.648. The van der Waals surface area contributed by atoms with E-state index in [4.69, 9.17) is 19.4 Å². The third-order valence-corrected chi connectivity index (χ3v) is 22.5. The molecule has 1 spiro atoms. The number of para-hydroxylation sites is 1. The number of nitrogens with zero attached hydrogens (tertiary/aromatic N) is 8. The molecule has 12 aromatic rings. The van der Waals surface area contributed by atoms with Gasteiger partial charge >= 0.3 is 28.8 Å². The lowest BCUT2D eigenvalue weighted by Crippen LogP contribution is -2.35. The van der Waals surface area contributed by atoms with Crippen LogP contribution in [0.2, 0.25) is 0 Å². The maximum absolute atomic E-state index is 13.9. The number of hydrogen-bond donors (Lipinski definition) is 6. The van der Waals surface area contributed by atoms with Gasteiger partial charge in [-0.2, -0.15) is 13.7 Å². The number of hydrogen-bond acceptors (Lipinski definition) is 10. The van der Waals surface area contributed by atoms with Crippen LogP contribution < -0.4 is 32.8 Å². The SMILES string of the molecule is CN(c1ccccc1)c1ccc2c(c1)C1(OC(=O)c3ccccc31)c1ccc(N(CCP(=O)(O)O)c3ccc(CCC(CCCCc4cc5cccnc5cc4-[n+]4ccc(-c5cc[n+](Cc6cccc(C[n+]7ccc(-c8cc[n+](CCP(=O)(O)O)cc8)cc7)n6)cc5)cc4)CCCP(=O)(O)O)cc3)cc1O2. The molecule has 2 atom stereocenters. The van der Waals surface area contributed by atoms with Crippen LogP contribution in [-0.2, 0) is 56.5 Å². The standard InChI is InChI=1S/C83H79N8O12P3/c1-86(70-18-3-2-4-19-70)72-29-31-80-77(55-72)83(75-21-8-7-20-74(75)82(92)103-83)76-30-28-73(56-81(76)102-80)91(50-53-106(99,100)101)71-26-24-61(25-27-71)23-22-60(13-11-51-104(93,94)95)12-5-6-14-67-54-66-15-10-40-84-78(66)57-79(67)90-47-38-65(39-48-90)64-36-45-89(46-37-64)59-69-17-9-16-68(85-69)58-88-43-34-63(35-44-88)62-32-41-87(42-33-62)49-52-105(96,97)98/h2-4,7-10,15-21,24-48,54-57,60H,5-6,11-14,22-23,49-53,58-59H2,1H3,(H2-4,93,94,95,96,97,98,99,100,101)/p+4. The molecule has 0 saturated heterocycles. The number of ether oxygens (including phenoxy) is 2. The van der Waals surface area contributed by atoms with E-state index < -0.39 is 40.5 Å². The molecular formula is C83H83N8O12P3+4. The number of carbonyl (C=O) groups is 1. The molecule has 20 nitrogen and oxygen atoms in total. The van der Waals surface area contributed by atoms with Gasteiger partial charge in [0.05, 0.1) is 17.2 Å². The number of aromatic nitrogens is 6. The Morgan fingerprint density at radius 2 is 1.09 bits per heavy atom. The van der Waals surface area contributed by atoms with Gasteiger partial charge in [-0.3, -0.25) is 18.7 Å². The van der Waals surface area contributed by atoms with Gasteiger partial charge in [0.15, 0.2) is 74.8 Å². The fraction of sp³-hybridized carbons (Fsp3) is 0.217. The Bertz CT molecular complexity index is 5300. The van der Waals surface area contributed by atoms with Crippen molar-refractivity contribution in [2.24, 2.45) is 5.92 Å². The molecule has 0 saturated carbocycles. The monoisotopic (exact) mass is 1480 g/mol. The van der Waals surface area contributed by atoms with E-state index in [2.05, 4.69) is 85.9 Å². The fourth-order valence-corrected chi connectivity index (χ4v) is 16.0. The van der Waals surface area contributed by atoms with E-state index in [1.54, 1.807) is 10.6 Å². The highest BCUT2D eigenvalue weighted by molar-refractivity contribution is 7.52. The van der Waals surface area contributed by atoms with E-state index in [1.165, 1.54) is 5.56 Å². The molecule has 2 aliphatic rings. The topological polar surface area (TPSA) is 256 Å². The summed E-state index contributed by atoms with van der Waals surface area (Å²) in [4.78, 5) is 86.3. The highest BCUT2D eigenvalue weighted by Crippen LogP contribution is 2.58. The Hall–Kier alpha value is -10.2. The van der Waals surface area contributed by atoms with Crippen LogP contribution in [0.1, 0.15) is 88.1 Å². The molecule has 0 aliphatic carbocycles. The lowest BCUT2D eigenvalue weighted by Gasteiger charge is -2.38. The summed E-state index contributed by atoms with van der Waals surface area (Å²) in [7, 11) is -10.8. The predicted molar refractivity (Wildman–Crippen MR) is 406 cm³/mol. The van der Waals surface area contributed by atoms with Crippen molar-refractivity contribution in [1.29, 1.82) is 0 Å². The van der Waals surface area contributed by atoms with Crippen LogP contribution in [0.3, 0.4) is 0 Å². The van der Waals surface area contributed by atoms with E-state index >= 15 is 0 Å². The predicted octanol–water partition coefficient (Wildman–Crippen LogP) is 13.9. The van der Waals surface area contributed by atoms with Crippen molar-refractivity contribution in [3.63, 3.8) is 0 Å². The van der Waals surface area contributed by atoms with Crippen molar-refractivity contribution in [2.45, 2.75) is 76.6 Å². The first kappa shape index (κ1) is 72.7. The summed E-state index contributed by atoms with van der Waals surface area (Å²) < 4.78 is 57.4. The average molecular weight is 1480 g/mol. The van der Waals surface area contributed by atoms with Crippen LogP contribution in [0.4, 0.5) is 22.7 Å². The molecule has 2 aliphatic heterocycles. The minimum Gasteiger partial charge on any atom is -0.456 e. The van der Waals surface area contributed by atoms with Gasteiger partial charge in [0.1, 0.15) is 29.0 Å². The molecular weight excluding hydrogens is 1390 g/mol. The van der Waals surface area contributed by atoms with E-state index in [9.17, 15) is 47.9 Å². The van der Waals surface area contributed by atoms with Crippen LogP contribution in [0.15, 0.2) is 262 Å². The summed E-state index contributed by atoms with van der Waals surface area (Å²) in [5, 5.41) is 1.05. The molecule has 14 rings (SSSR count). The summed E-state index contributed by atoms with van der Waals surface area (Å²) >= 11 is 0. The van der Waals surface area contributed by atoms with Crippen molar-refractivity contribution in [1.82, 2.24) is 9.97 Å². The lowest BCUT2D eigenvalue weighted by molar-refractivity contribution is -0.692. The van der Waals surface area contributed by atoms with Gasteiger partial charge in [0.25, 0.3) is 0 Å². The quantitative estimate of drug-likeness (QED) is 0.0110. The van der Waals surface area contributed by atoms with Crippen LogP contribution in [0.25, 0.3) is 38.8 Å². The van der Waals surface area contributed by atoms with Gasteiger partial charge in [-0.25, -0.2) is 14.3 Å². The molecule has 538 valence electrons. The number of benzene rings is 6. The number of aryl methyl sites for hydroxylation is 3. The normalized spacial score (nSPS) is 14.3. The van der Waals surface area contributed by atoms with Crippen LogP contribution in [-0.4, -0.2) is 77.4 Å². The molecule has 0 bridgehead atoms. The Morgan fingerprint density at radius 1 is 0.491 bits per heavy atom. The van der Waals surface area contributed by atoms with Crippen LogP contribution in [0, 0.1) is 5.92 Å². The molecule has 23 heteroatoms. The number of pyridine rings is 6. The first-order chi connectivity index (χ1) is 51.1. The minimum absolute atomic E-state index is 0.0229. The van der Waals surface area contributed by atoms with E-state index in [0.717, 1.165) is 99.3 Å². The molecule has 6 aromatic heterocycles. The van der Waals surface area contributed by atoms with E-state index in [1.807, 2.05) is 201 Å². The number of carbonyl (C=O) groups excluding carboxylic acids is 1. The maximum Gasteiger partial charge on any atom is 0.340 e. The number of esters is 1. The Labute approximate surface area is 615 Å². The minimum atomic E-state index is -4.47. The third kappa shape index (κ3) is 17.3. The molecule has 106 heavy (non-hydrogen) atoms. The Balaban J connectivity index is 0.623. The molecule has 6 N–H and O–H groups in total. The zero-order chi connectivity index (χ0) is 73.6.